The van der Waals surface area contributed by atoms with Crippen molar-refractivity contribution in [3.63, 3.8) is 0 Å². The lowest BCUT2D eigenvalue weighted by atomic mass is 10.1. The lowest BCUT2D eigenvalue weighted by molar-refractivity contribution is 0.949. The third-order valence-corrected chi connectivity index (χ3v) is 4.33. The van der Waals surface area contributed by atoms with Gasteiger partial charge in [-0.25, -0.2) is 0 Å². The number of nitrogens with zero attached hydrogens (tertiary/aromatic N) is 1. The average Bonchev–Trinajstić information content (AvgIpc) is 3.03. The first-order valence-electron chi connectivity index (χ1n) is 7.87. The van der Waals surface area contributed by atoms with E-state index in [2.05, 4.69) is 66.5 Å². The van der Waals surface area contributed by atoms with Crippen LogP contribution in [0.2, 0.25) is 0 Å². The Balaban J connectivity index is 1.64. The van der Waals surface area contributed by atoms with Crippen molar-refractivity contribution in [1.29, 1.82) is 0 Å². The van der Waals surface area contributed by atoms with Crippen molar-refractivity contribution in [2.24, 2.45) is 0 Å². The lowest BCUT2D eigenvalue weighted by Crippen LogP contribution is -2.17. The summed E-state index contributed by atoms with van der Waals surface area (Å²) in [5, 5.41) is 3.53. The zero-order valence-electron chi connectivity index (χ0n) is 13.0. The van der Waals surface area contributed by atoms with E-state index in [1.165, 1.54) is 54.0 Å². The minimum Gasteiger partial charge on any atom is -0.381 e. The van der Waals surface area contributed by atoms with Gasteiger partial charge in [-0.1, -0.05) is 23.8 Å². The standard InChI is InChI=1S/C19H24N2/c1-15-5-6-16(2)17(13-15)14-20-18-7-9-19(10-8-18)21-11-3-4-12-21/h5-10,13,20H,3-4,11-12,14H2,1-2H3. The van der Waals surface area contributed by atoms with E-state index < -0.39 is 0 Å². The molecule has 0 amide bonds. The Morgan fingerprint density at radius 1 is 0.952 bits per heavy atom. The number of nitrogens with one attached hydrogen (secondary N) is 1. The van der Waals surface area contributed by atoms with Gasteiger partial charge in [0.15, 0.2) is 0 Å². The van der Waals surface area contributed by atoms with E-state index in [9.17, 15) is 0 Å². The Labute approximate surface area is 127 Å². The van der Waals surface area contributed by atoms with Gasteiger partial charge >= 0.3 is 0 Å². The maximum absolute atomic E-state index is 3.53. The second-order valence-electron chi connectivity index (χ2n) is 6.02. The molecule has 1 saturated heterocycles. The summed E-state index contributed by atoms with van der Waals surface area (Å²) in [5.41, 5.74) is 6.59. The fourth-order valence-corrected chi connectivity index (χ4v) is 2.95. The zero-order valence-corrected chi connectivity index (χ0v) is 13.0. The topological polar surface area (TPSA) is 15.3 Å². The first kappa shape index (κ1) is 14.0. The van der Waals surface area contributed by atoms with E-state index in [0.717, 1.165) is 6.54 Å². The maximum atomic E-state index is 3.53. The van der Waals surface area contributed by atoms with Crippen LogP contribution < -0.4 is 10.2 Å². The van der Waals surface area contributed by atoms with Crippen LogP contribution >= 0.6 is 0 Å². The summed E-state index contributed by atoms with van der Waals surface area (Å²) in [6, 6.07) is 15.5. The summed E-state index contributed by atoms with van der Waals surface area (Å²) in [6.45, 7) is 7.61. The van der Waals surface area contributed by atoms with Crippen molar-refractivity contribution >= 4 is 11.4 Å². The van der Waals surface area contributed by atoms with Gasteiger partial charge in [0.1, 0.15) is 0 Å². The van der Waals surface area contributed by atoms with Crippen LogP contribution in [0.15, 0.2) is 42.5 Å². The minimum atomic E-state index is 0.885. The van der Waals surface area contributed by atoms with Crippen molar-refractivity contribution in [3.8, 4) is 0 Å². The third-order valence-electron chi connectivity index (χ3n) is 4.33. The molecule has 2 aromatic carbocycles. The summed E-state index contributed by atoms with van der Waals surface area (Å²) in [6.07, 6.45) is 2.65. The van der Waals surface area contributed by atoms with Crippen molar-refractivity contribution < 1.29 is 0 Å². The van der Waals surface area contributed by atoms with Crippen LogP contribution in [0.4, 0.5) is 11.4 Å². The summed E-state index contributed by atoms with van der Waals surface area (Å²) < 4.78 is 0. The highest BCUT2D eigenvalue weighted by Crippen LogP contribution is 2.22. The van der Waals surface area contributed by atoms with Gasteiger partial charge in [-0.2, -0.15) is 0 Å². The van der Waals surface area contributed by atoms with E-state index in [1.54, 1.807) is 0 Å². The van der Waals surface area contributed by atoms with E-state index in [-0.39, 0.29) is 0 Å². The molecule has 110 valence electrons. The fourth-order valence-electron chi connectivity index (χ4n) is 2.95. The van der Waals surface area contributed by atoms with Gasteiger partial charge < -0.3 is 10.2 Å². The molecular weight excluding hydrogens is 256 g/mol. The molecule has 1 heterocycles. The number of aryl methyl sites for hydroxylation is 2. The number of benzene rings is 2. The molecule has 3 rings (SSSR count). The first-order chi connectivity index (χ1) is 10.2. The molecule has 0 atom stereocenters. The van der Waals surface area contributed by atoms with Crippen LogP contribution in [0, 0.1) is 13.8 Å². The normalized spacial score (nSPS) is 14.5. The van der Waals surface area contributed by atoms with Crippen molar-refractivity contribution in [2.75, 3.05) is 23.3 Å². The molecule has 2 heteroatoms. The van der Waals surface area contributed by atoms with Crippen molar-refractivity contribution in [1.82, 2.24) is 0 Å². The molecule has 1 aliphatic heterocycles. The predicted molar refractivity (Wildman–Crippen MR) is 91.1 cm³/mol. The van der Waals surface area contributed by atoms with Gasteiger partial charge in [-0.05, 0) is 62.1 Å². The molecule has 0 unspecified atom stereocenters. The van der Waals surface area contributed by atoms with Gasteiger partial charge in [0, 0.05) is 31.0 Å². The molecule has 0 aromatic heterocycles. The van der Waals surface area contributed by atoms with Crippen LogP contribution in [-0.2, 0) is 6.54 Å². The van der Waals surface area contributed by atoms with E-state index >= 15 is 0 Å². The summed E-state index contributed by atoms with van der Waals surface area (Å²) in [7, 11) is 0. The molecule has 0 saturated carbocycles. The second-order valence-corrected chi connectivity index (χ2v) is 6.02. The highest BCUT2D eigenvalue weighted by molar-refractivity contribution is 5.55. The molecule has 0 radical (unpaired) electrons. The molecule has 2 aromatic rings. The van der Waals surface area contributed by atoms with Gasteiger partial charge in [-0.15, -0.1) is 0 Å². The molecule has 2 nitrogen and oxygen atoms in total. The van der Waals surface area contributed by atoms with E-state index in [1.807, 2.05) is 0 Å². The van der Waals surface area contributed by atoms with Crippen LogP contribution in [0.25, 0.3) is 0 Å². The minimum absolute atomic E-state index is 0.885. The number of hydrogen-bond acceptors (Lipinski definition) is 2. The Morgan fingerprint density at radius 3 is 2.38 bits per heavy atom. The number of anilines is 2. The summed E-state index contributed by atoms with van der Waals surface area (Å²) >= 11 is 0. The highest BCUT2D eigenvalue weighted by Gasteiger charge is 2.11. The second kappa shape index (κ2) is 6.21. The SMILES string of the molecule is Cc1ccc(C)c(CNc2ccc(N3CCCC3)cc2)c1. The van der Waals surface area contributed by atoms with E-state index in [4.69, 9.17) is 0 Å². The van der Waals surface area contributed by atoms with Crippen LogP contribution in [0.3, 0.4) is 0 Å². The van der Waals surface area contributed by atoms with E-state index in [0.29, 0.717) is 0 Å². The Bertz CT molecular complexity index is 595. The fraction of sp³-hybridized carbons (Fsp3) is 0.368. The Hall–Kier alpha value is -1.96. The number of hydrogen-bond donors (Lipinski definition) is 1. The van der Waals surface area contributed by atoms with Crippen LogP contribution in [0.1, 0.15) is 29.5 Å². The molecule has 0 bridgehead atoms. The average molecular weight is 280 g/mol. The highest BCUT2D eigenvalue weighted by atomic mass is 15.1. The van der Waals surface area contributed by atoms with Crippen LogP contribution in [-0.4, -0.2) is 13.1 Å². The largest absolute Gasteiger partial charge is 0.381 e. The molecule has 1 N–H and O–H groups in total. The zero-order chi connectivity index (χ0) is 14.7. The van der Waals surface area contributed by atoms with Crippen molar-refractivity contribution in [2.45, 2.75) is 33.2 Å². The van der Waals surface area contributed by atoms with Gasteiger partial charge in [0.05, 0.1) is 0 Å². The summed E-state index contributed by atoms with van der Waals surface area (Å²) in [5.74, 6) is 0. The molecule has 0 aliphatic carbocycles. The smallest absolute Gasteiger partial charge is 0.0403 e. The molecule has 21 heavy (non-hydrogen) atoms. The maximum Gasteiger partial charge on any atom is 0.0403 e. The van der Waals surface area contributed by atoms with Crippen LogP contribution in [0.5, 0.6) is 0 Å². The molecule has 1 aliphatic rings. The summed E-state index contributed by atoms with van der Waals surface area (Å²) in [4.78, 5) is 2.47. The van der Waals surface area contributed by atoms with Gasteiger partial charge in [0.25, 0.3) is 0 Å². The van der Waals surface area contributed by atoms with Gasteiger partial charge in [0.2, 0.25) is 0 Å². The van der Waals surface area contributed by atoms with Gasteiger partial charge in [-0.3, -0.25) is 0 Å². The van der Waals surface area contributed by atoms with Crippen molar-refractivity contribution in [3.05, 3.63) is 59.2 Å². The quantitative estimate of drug-likeness (QED) is 0.886. The predicted octanol–water partition coefficient (Wildman–Crippen LogP) is 4.52. The third kappa shape index (κ3) is 3.38. The molecule has 1 fully saturated rings. The monoisotopic (exact) mass is 280 g/mol. The number of rotatable bonds is 4. The molecular formula is C19H24N2. The Kier molecular flexibility index (Phi) is 4.14. The Morgan fingerprint density at radius 2 is 1.67 bits per heavy atom. The first-order valence-corrected chi connectivity index (χ1v) is 7.87. The lowest BCUT2D eigenvalue weighted by Gasteiger charge is -2.18. The molecule has 0 spiro atoms.